The molecule has 0 spiro atoms. The highest BCUT2D eigenvalue weighted by molar-refractivity contribution is 6.32. The highest BCUT2D eigenvalue weighted by atomic mass is 35.5. The van der Waals surface area contributed by atoms with Gasteiger partial charge >= 0.3 is 0 Å². The molecule has 4 rings (SSSR count). The minimum Gasteiger partial charge on any atom is -0.376 e. The number of aromatic nitrogens is 3. The SMILES string of the molecule is Cc1cc(Cl)cc(C(=O)NCC2CCO2)c1NC(=O)c1ccnn1-c1ncccc1Cl. The van der Waals surface area contributed by atoms with Gasteiger partial charge in [-0.05, 0) is 49.2 Å². The average Bonchev–Trinajstić information content (AvgIpc) is 3.18. The van der Waals surface area contributed by atoms with Crippen LogP contribution in [0.1, 0.15) is 32.8 Å². The molecule has 3 heterocycles. The smallest absolute Gasteiger partial charge is 0.274 e. The number of rotatable bonds is 6. The summed E-state index contributed by atoms with van der Waals surface area (Å²) in [5, 5.41) is 10.5. The van der Waals surface area contributed by atoms with E-state index in [-0.39, 0.29) is 23.3 Å². The molecule has 31 heavy (non-hydrogen) atoms. The Balaban J connectivity index is 1.61. The highest BCUT2D eigenvalue weighted by Gasteiger charge is 2.23. The summed E-state index contributed by atoms with van der Waals surface area (Å²) in [5.41, 5.74) is 1.48. The summed E-state index contributed by atoms with van der Waals surface area (Å²) in [4.78, 5) is 30.1. The number of halogens is 2. The number of ether oxygens (including phenoxy) is 1. The Morgan fingerprint density at radius 3 is 2.74 bits per heavy atom. The number of anilines is 1. The molecule has 8 nitrogen and oxygen atoms in total. The van der Waals surface area contributed by atoms with Gasteiger partial charge in [0.05, 0.1) is 28.6 Å². The predicted molar refractivity (Wildman–Crippen MR) is 117 cm³/mol. The summed E-state index contributed by atoms with van der Waals surface area (Å²) < 4.78 is 6.68. The Kier molecular flexibility index (Phi) is 6.22. The van der Waals surface area contributed by atoms with E-state index in [0.717, 1.165) is 6.42 Å². The second kappa shape index (κ2) is 9.05. The van der Waals surface area contributed by atoms with Gasteiger partial charge in [-0.3, -0.25) is 9.59 Å². The summed E-state index contributed by atoms with van der Waals surface area (Å²) in [6, 6.07) is 8.08. The second-order valence-corrected chi connectivity index (χ2v) is 7.87. The van der Waals surface area contributed by atoms with E-state index in [1.807, 2.05) is 0 Å². The first-order chi connectivity index (χ1) is 14.9. The van der Waals surface area contributed by atoms with Gasteiger partial charge < -0.3 is 15.4 Å². The van der Waals surface area contributed by atoms with Crippen molar-refractivity contribution in [1.82, 2.24) is 20.1 Å². The topological polar surface area (TPSA) is 98.1 Å². The quantitative estimate of drug-likeness (QED) is 0.585. The normalized spacial score (nSPS) is 15.3. The summed E-state index contributed by atoms with van der Waals surface area (Å²) in [6.45, 7) is 2.86. The lowest BCUT2D eigenvalue weighted by atomic mass is 10.1. The molecule has 3 aromatic rings. The minimum atomic E-state index is -0.471. The Labute approximate surface area is 188 Å². The third kappa shape index (κ3) is 4.56. The van der Waals surface area contributed by atoms with E-state index in [0.29, 0.717) is 40.3 Å². The highest BCUT2D eigenvalue weighted by Crippen LogP contribution is 2.27. The summed E-state index contributed by atoms with van der Waals surface area (Å²) in [7, 11) is 0. The first kappa shape index (κ1) is 21.3. The van der Waals surface area contributed by atoms with Crippen LogP contribution in [0.25, 0.3) is 5.82 Å². The van der Waals surface area contributed by atoms with Gasteiger partial charge in [-0.2, -0.15) is 5.10 Å². The van der Waals surface area contributed by atoms with Crippen LogP contribution in [-0.4, -0.2) is 45.8 Å². The minimum absolute atomic E-state index is 0.0137. The maximum atomic E-state index is 13.1. The predicted octanol–water partition coefficient (Wildman–Crippen LogP) is 3.65. The van der Waals surface area contributed by atoms with Crippen LogP contribution >= 0.6 is 23.2 Å². The third-order valence-corrected chi connectivity index (χ3v) is 5.40. The van der Waals surface area contributed by atoms with Gasteiger partial charge in [0.15, 0.2) is 5.82 Å². The van der Waals surface area contributed by atoms with Crippen LogP contribution in [0.5, 0.6) is 0 Å². The largest absolute Gasteiger partial charge is 0.376 e. The number of amides is 2. The number of aryl methyl sites for hydroxylation is 1. The number of pyridine rings is 1. The van der Waals surface area contributed by atoms with Crippen molar-refractivity contribution in [3.63, 3.8) is 0 Å². The molecule has 0 radical (unpaired) electrons. The molecule has 2 amide bonds. The van der Waals surface area contributed by atoms with Crippen LogP contribution in [0.4, 0.5) is 5.69 Å². The zero-order chi connectivity index (χ0) is 22.0. The van der Waals surface area contributed by atoms with E-state index in [1.165, 1.54) is 16.9 Å². The van der Waals surface area contributed by atoms with Crippen molar-refractivity contribution in [2.75, 3.05) is 18.5 Å². The van der Waals surface area contributed by atoms with Crippen molar-refractivity contribution in [2.45, 2.75) is 19.4 Å². The van der Waals surface area contributed by atoms with Gasteiger partial charge in [0, 0.05) is 24.4 Å². The summed E-state index contributed by atoms with van der Waals surface area (Å²) in [5.74, 6) is -0.496. The van der Waals surface area contributed by atoms with E-state index in [2.05, 4.69) is 20.7 Å². The molecular weight excluding hydrogens is 441 g/mol. The third-order valence-electron chi connectivity index (χ3n) is 4.88. The molecule has 0 saturated carbocycles. The van der Waals surface area contributed by atoms with Crippen LogP contribution in [-0.2, 0) is 4.74 Å². The first-order valence-electron chi connectivity index (χ1n) is 9.60. The fraction of sp³-hybridized carbons (Fsp3) is 0.238. The lowest BCUT2D eigenvalue weighted by Crippen LogP contribution is -2.40. The lowest BCUT2D eigenvalue weighted by Gasteiger charge is -2.26. The number of nitrogens with one attached hydrogen (secondary N) is 2. The molecule has 1 atom stereocenters. The standard InChI is InChI=1S/C21H19Cl2N5O3/c1-12-9-13(22)10-15(20(29)25-11-14-5-8-31-14)18(12)27-21(30)17-4-7-26-28(17)19-16(23)3-2-6-24-19/h2-4,6-7,9-10,14H,5,8,11H2,1H3,(H,25,29)(H,27,30). The fourth-order valence-corrected chi connectivity index (χ4v) is 3.66. The van der Waals surface area contributed by atoms with E-state index < -0.39 is 5.91 Å². The second-order valence-electron chi connectivity index (χ2n) is 7.03. The molecule has 0 bridgehead atoms. The van der Waals surface area contributed by atoms with Crippen LogP contribution in [0.15, 0.2) is 42.7 Å². The number of hydrogen-bond acceptors (Lipinski definition) is 5. The van der Waals surface area contributed by atoms with Gasteiger partial charge in [-0.15, -0.1) is 0 Å². The van der Waals surface area contributed by atoms with Gasteiger partial charge in [-0.25, -0.2) is 9.67 Å². The van der Waals surface area contributed by atoms with Crippen LogP contribution in [0.2, 0.25) is 10.0 Å². The zero-order valence-electron chi connectivity index (χ0n) is 16.6. The van der Waals surface area contributed by atoms with Crippen molar-refractivity contribution < 1.29 is 14.3 Å². The van der Waals surface area contributed by atoms with E-state index >= 15 is 0 Å². The summed E-state index contributed by atoms with van der Waals surface area (Å²) in [6.07, 6.45) is 3.95. The molecule has 1 saturated heterocycles. The van der Waals surface area contributed by atoms with Crippen LogP contribution in [0, 0.1) is 6.92 Å². The van der Waals surface area contributed by atoms with Crippen molar-refractivity contribution in [3.05, 3.63) is 69.6 Å². The molecule has 1 fully saturated rings. The molecule has 0 aliphatic carbocycles. The van der Waals surface area contributed by atoms with Gasteiger partial charge in [0.1, 0.15) is 5.69 Å². The van der Waals surface area contributed by atoms with E-state index in [1.54, 1.807) is 37.4 Å². The van der Waals surface area contributed by atoms with Gasteiger partial charge in [0.25, 0.3) is 11.8 Å². The average molecular weight is 460 g/mol. The lowest BCUT2D eigenvalue weighted by molar-refractivity contribution is -0.0472. The van der Waals surface area contributed by atoms with Gasteiger partial charge in [0.2, 0.25) is 0 Å². The molecule has 1 unspecified atom stereocenters. The Hall–Kier alpha value is -2.94. The molecule has 10 heteroatoms. The Bertz CT molecular complexity index is 1140. The zero-order valence-corrected chi connectivity index (χ0v) is 18.1. The number of carbonyl (C=O) groups is 2. The van der Waals surface area contributed by atoms with Crippen LogP contribution < -0.4 is 10.6 Å². The number of carbonyl (C=O) groups excluding carboxylic acids is 2. The monoisotopic (exact) mass is 459 g/mol. The van der Waals surface area contributed by atoms with Crippen molar-refractivity contribution in [2.24, 2.45) is 0 Å². The molecule has 160 valence electrons. The molecule has 1 aliphatic rings. The van der Waals surface area contributed by atoms with Crippen LogP contribution in [0.3, 0.4) is 0 Å². The van der Waals surface area contributed by atoms with Crippen molar-refractivity contribution in [1.29, 1.82) is 0 Å². The molecular formula is C21H19Cl2N5O3. The van der Waals surface area contributed by atoms with Gasteiger partial charge in [-0.1, -0.05) is 23.2 Å². The maximum Gasteiger partial charge on any atom is 0.274 e. The fourth-order valence-electron chi connectivity index (χ4n) is 3.19. The summed E-state index contributed by atoms with van der Waals surface area (Å²) >= 11 is 12.4. The maximum absolute atomic E-state index is 13.1. The van der Waals surface area contributed by atoms with E-state index in [4.69, 9.17) is 27.9 Å². The van der Waals surface area contributed by atoms with Crippen molar-refractivity contribution >= 4 is 40.7 Å². The molecule has 2 aromatic heterocycles. The number of benzene rings is 1. The Morgan fingerprint density at radius 1 is 1.23 bits per heavy atom. The Morgan fingerprint density at radius 2 is 2.03 bits per heavy atom. The van der Waals surface area contributed by atoms with Crippen molar-refractivity contribution in [3.8, 4) is 5.82 Å². The van der Waals surface area contributed by atoms with E-state index in [9.17, 15) is 9.59 Å². The number of hydrogen-bond donors (Lipinski definition) is 2. The number of nitrogens with zero attached hydrogens (tertiary/aromatic N) is 3. The molecule has 1 aromatic carbocycles. The first-order valence-corrected chi connectivity index (χ1v) is 10.4. The molecule has 1 aliphatic heterocycles. The molecule has 2 N–H and O–H groups in total.